The van der Waals surface area contributed by atoms with Gasteiger partial charge in [-0.1, -0.05) is 123 Å². The van der Waals surface area contributed by atoms with Crippen LogP contribution in [-0.4, -0.2) is 30.4 Å². The van der Waals surface area contributed by atoms with Gasteiger partial charge in [0.15, 0.2) is 5.78 Å². The Kier molecular flexibility index (Phi) is 11.4. The fraction of sp³-hybridized carbons (Fsp3) is 0.238. The quantitative estimate of drug-likeness (QED) is 0.0993. The van der Waals surface area contributed by atoms with Gasteiger partial charge >= 0.3 is 0 Å². The summed E-state index contributed by atoms with van der Waals surface area (Å²) in [6.07, 6.45) is 0.439. The van der Waals surface area contributed by atoms with E-state index < -0.39 is 21.8 Å². The molecule has 0 heterocycles. The van der Waals surface area contributed by atoms with Gasteiger partial charge in [0.2, 0.25) is 5.91 Å². The summed E-state index contributed by atoms with van der Waals surface area (Å²) in [6, 6.07) is 37.2. The van der Waals surface area contributed by atoms with Crippen LogP contribution >= 0.6 is 11.6 Å². The summed E-state index contributed by atoms with van der Waals surface area (Å²) in [6.45, 7) is 8.58. The molecule has 0 radical (unpaired) electrons. The number of aryl methyl sites for hydroxylation is 1. The average Bonchev–Trinajstić information content (AvgIpc) is 3.07. The molecule has 8 heteroatoms. The van der Waals surface area contributed by atoms with E-state index in [0.29, 0.717) is 22.7 Å². The Morgan fingerprint density at radius 2 is 1.36 bits per heavy atom. The molecule has 5 aromatic carbocycles. The molecule has 0 bridgehead atoms. The second kappa shape index (κ2) is 15.5. The molecule has 0 aromatic heterocycles. The molecule has 258 valence electrons. The summed E-state index contributed by atoms with van der Waals surface area (Å²) < 4.78 is 31.0. The fourth-order valence-corrected chi connectivity index (χ4v) is 6.61. The van der Waals surface area contributed by atoms with Crippen molar-refractivity contribution in [2.45, 2.75) is 58.3 Å². The molecule has 0 fully saturated rings. The maximum absolute atomic E-state index is 14.0. The van der Waals surface area contributed by atoms with Crippen molar-refractivity contribution in [2.24, 2.45) is 0 Å². The Morgan fingerprint density at radius 1 is 0.780 bits per heavy atom. The van der Waals surface area contributed by atoms with E-state index in [9.17, 15) is 18.0 Å². The van der Waals surface area contributed by atoms with Crippen LogP contribution in [0, 0.1) is 6.92 Å². The first-order valence-corrected chi connectivity index (χ1v) is 18.6. The molecule has 2 N–H and O–H groups in total. The summed E-state index contributed by atoms with van der Waals surface area (Å²) in [5.74, 6) is -1.35. The molecule has 0 aliphatic heterocycles. The lowest BCUT2D eigenvalue weighted by atomic mass is 9.86. The van der Waals surface area contributed by atoms with Crippen LogP contribution in [0.2, 0.25) is 5.02 Å². The first kappa shape index (κ1) is 36.7. The van der Waals surface area contributed by atoms with Gasteiger partial charge in [-0.15, -0.1) is 0 Å². The zero-order chi connectivity index (χ0) is 36.1. The Balaban J connectivity index is 1.38. The number of halogens is 1. The molecule has 0 aliphatic carbocycles. The molecule has 50 heavy (non-hydrogen) atoms. The Bertz CT molecular complexity index is 2070. The average molecular weight is 708 g/mol. The highest BCUT2D eigenvalue weighted by molar-refractivity contribution is 7.85. The molecule has 0 saturated carbocycles. The van der Waals surface area contributed by atoms with Gasteiger partial charge in [-0.3, -0.25) is 14.1 Å². The molecule has 1 amide bonds. The third-order valence-electron chi connectivity index (χ3n) is 8.88. The molecular weight excluding hydrogens is 666 g/mol. The summed E-state index contributed by atoms with van der Waals surface area (Å²) in [4.78, 5) is 26.7. The third kappa shape index (κ3) is 9.78. The van der Waals surface area contributed by atoms with Gasteiger partial charge in [0.05, 0.1) is 11.7 Å². The minimum Gasteiger partial charge on any atom is -0.326 e. The zero-order valence-corrected chi connectivity index (χ0v) is 30.3. The van der Waals surface area contributed by atoms with Gasteiger partial charge in [-0.05, 0) is 94.0 Å². The Hall–Kier alpha value is -4.56. The lowest BCUT2D eigenvalue weighted by Gasteiger charge is -2.20. The van der Waals surface area contributed by atoms with E-state index in [1.165, 1.54) is 5.56 Å². The van der Waals surface area contributed by atoms with E-state index >= 15 is 0 Å². The number of Topliss-reactive ketones (excluding diaryl/α,β-unsaturated/α-hetero) is 1. The van der Waals surface area contributed by atoms with Crippen molar-refractivity contribution < 1.29 is 22.6 Å². The molecule has 5 aromatic rings. The lowest BCUT2D eigenvalue weighted by molar-refractivity contribution is -0.117. The van der Waals surface area contributed by atoms with E-state index in [2.05, 4.69) is 50.4 Å². The maximum atomic E-state index is 14.0. The minimum atomic E-state index is -4.12. The molecule has 1 atom stereocenters. The summed E-state index contributed by atoms with van der Waals surface area (Å²) in [7, 11) is -4.12. The highest BCUT2D eigenvalue weighted by atomic mass is 35.5. The van der Waals surface area contributed by atoms with Crippen LogP contribution in [0.15, 0.2) is 115 Å². The van der Waals surface area contributed by atoms with Crippen molar-refractivity contribution in [2.75, 3.05) is 11.1 Å². The second-order valence-electron chi connectivity index (χ2n) is 13.7. The number of rotatable bonds is 12. The van der Waals surface area contributed by atoms with Gasteiger partial charge in [0.25, 0.3) is 10.1 Å². The van der Waals surface area contributed by atoms with Crippen molar-refractivity contribution in [3.8, 4) is 22.3 Å². The van der Waals surface area contributed by atoms with E-state index in [4.69, 9.17) is 16.2 Å². The normalized spacial score (nSPS) is 12.4. The number of nitrogens with one attached hydrogen (secondary N) is 1. The van der Waals surface area contributed by atoms with Gasteiger partial charge in [-0.25, -0.2) is 0 Å². The molecule has 6 nitrogen and oxygen atoms in total. The largest absolute Gasteiger partial charge is 0.326 e. The lowest BCUT2D eigenvalue weighted by Crippen LogP contribution is -2.23. The highest BCUT2D eigenvalue weighted by Crippen LogP contribution is 2.31. The van der Waals surface area contributed by atoms with Crippen LogP contribution < -0.4 is 5.32 Å². The van der Waals surface area contributed by atoms with Crippen molar-refractivity contribution in [3.63, 3.8) is 0 Å². The standard InChI is InChI=1S/C42H42ClNO5S/c1-28-26-37(23-24-38(28)32-17-21-36(43)22-18-32)44-41(46)39(27-29-7-9-34(10-8-29)40(45)6-5-25-50(47,48)49)33-13-11-30(12-14-33)31-15-19-35(20-16-31)42(2,3)4/h7-24,26,39H,5-6,25,27H2,1-4H3,(H,44,46)(H,47,48,49). The number of carbonyl (C=O) groups is 2. The van der Waals surface area contributed by atoms with Crippen LogP contribution in [-0.2, 0) is 26.7 Å². The minimum absolute atomic E-state index is 0.00563. The van der Waals surface area contributed by atoms with Gasteiger partial charge in [0, 0.05) is 22.7 Å². The Morgan fingerprint density at radius 3 is 1.92 bits per heavy atom. The van der Waals surface area contributed by atoms with Crippen molar-refractivity contribution in [1.82, 2.24) is 0 Å². The van der Waals surface area contributed by atoms with Gasteiger partial charge < -0.3 is 5.32 Å². The van der Waals surface area contributed by atoms with Crippen LogP contribution in [0.25, 0.3) is 22.3 Å². The van der Waals surface area contributed by atoms with E-state index in [1.54, 1.807) is 12.1 Å². The first-order chi connectivity index (χ1) is 23.7. The van der Waals surface area contributed by atoms with Crippen LogP contribution in [0.5, 0.6) is 0 Å². The number of hydrogen-bond donors (Lipinski definition) is 2. The molecule has 0 saturated heterocycles. The number of amides is 1. The van der Waals surface area contributed by atoms with E-state index in [0.717, 1.165) is 38.9 Å². The van der Waals surface area contributed by atoms with Gasteiger partial charge in [-0.2, -0.15) is 8.42 Å². The number of hydrogen-bond acceptors (Lipinski definition) is 4. The zero-order valence-electron chi connectivity index (χ0n) is 28.7. The van der Waals surface area contributed by atoms with Crippen molar-refractivity contribution >= 4 is 39.1 Å². The topological polar surface area (TPSA) is 101 Å². The molecule has 0 spiro atoms. The van der Waals surface area contributed by atoms with Crippen molar-refractivity contribution in [3.05, 3.63) is 148 Å². The number of carbonyl (C=O) groups excluding carboxylic acids is 2. The number of benzene rings is 5. The maximum Gasteiger partial charge on any atom is 0.264 e. The number of ketones is 1. The monoisotopic (exact) mass is 707 g/mol. The molecule has 5 rings (SSSR count). The predicted molar refractivity (Wildman–Crippen MR) is 204 cm³/mol. The smallest absolute Gasteiger partial charge is 0.264 e. The molecule has 0 aliphatic rings. The summed E-state index contributed by atoms with van der Waals surface area (Å²) in [5, 5.41) is 3.81. The predicted octanol–water partition coefficient (Wildman–Crippen LogP) is 10.1. The Labute approximate surface area is 300 Å². The van der Waals surface area contributed by atoms with Crippen LogP contribution in [0.1, 0.15) is 72.1 Å². The molecular formula is C42H42ClNO5S. The van der Waals surface area contributed by atoms with E-state index in [-0.39, 0.29) is 29.9 Å². The summed E-state index contributed by atoms with van der Waals surface area (Å²) in [5.41, 5.74) is 9.44. The first-order valence-electron chi connectivity index (χ1n) is 16.6. The third-order valence-corrected chi connectivity index (χ3v) is 9.94. The molecule has 1 unspecified atom stereocenters. The van der Waals surface area contributed by atoms with Crippen molar-refractivity contribution in [1.29, 1.82) is 0 Å². The van der Waals surface area contributed by atoms with Gasteiger partial charge in [0.1, 0.15) is 0 Å². The van der Waals surface area contributed by atoms with E-state index in [1.807, 2.05) is 85.8 Å². The highest BCUT2D eigenvalue weighted by Gasteiger charge is 2.23. The van der Waals surface area contributed by atoms with Crippen LogP contribution in [0.4, 0.5) is 5.69 Å². The fourth-order valence-electron chi connectivity index (χ4n) is 5.98. The summed E-state index contributed by atoms with van der Waals surface area (Å²) >= 11 is 6.08. The SMILES string of the molecule is Cc1cc(NC(=O)C(Cc2ccc(C(=O)CCCS(=O)(=O)O)cc2)c2ccc(-c3ccc(C(C)(C)C)cc3)cc2)ccc1-c1ccc(Cl)cc1. The van der Waals surface area contributed by atoms with Crippen LogP contribution in [0.3, 0.4) is 0 Å². The number of anilines is 1. The second-order valence-corrected chi connectivity index (χ2v) is 15.8.